The summed E-state index contributed by atoms with van der Waals surface area (Å²) in [6.07, 6.45) is -14.0. The Bertz CT molecular complexity index is 466. The van der Waals surface area contributed by atoms with Gasteiger partial charge < -0.3 is 66.3 Å². The van der Waals surface area contributed by atoms with Crippen LogP contribution in [0.5, 0.6) is 0 Å². The fourth-order valence-corrected chi connectivity index (χ4v) is 3.22. The van der Waals surface area contributed by atoms with Crippen LogP contribution in [-0.4, -0.2) is 153 Å². The largest absolute Gasteiger partial charge is 0.394 e. The van der Waals surface area contributed by atoms with Crippen molar-refractivity contribution in [3.8, 4) is 0 Å². The molecule has 0 aliphatic heterocycles. The molecular formula is C20H44N2O13. The van der Waals surface area contributed by atoms with Crippen LogP contribution in [-0.2, 0) is 14.3 Å². The van der Waals surface area contributed by atoms with E-state index in [2.05, 4.69) is 5.48 Å². The van der Waals surface area contributed by atoms with E-state index in [4.69, 9.17) is 30.3 Å². The molecule has 0 aromatic heterocycles. The second kappa shape index (κ2) is 20.5. The maximum atomic E-state index is 10.3. The van der Waals surface area contributed by atoms with E-state index in [9.17, 15) is 40.9 Å². The minimum atomic E-state index is -1.83. The predicted octanol–water partition coefficient (Wildman–Crippen LogP) is -5.88. The SMILES string of the molecule is NCNOCCOCCOCCC(C[C@H](O)[C@@H](O)[C@H](O)[C@H](O)CO)C[C@H](O)[C@@H](O)[C@H](O)[C@H](O)CO. The Morgan fingerprint density at radius 3 is 1.40 bits per heavy atom. The first-order valence-electron chi connectivity index (χ1n) is 11.5. The number of aliphatic hydroxyl groups excluding tert-OH is 10. The second-order valence-electron chi connectivity index (χ2n) is 8.14. The minimum absolute atomic E-state index is 0.133. The molecule has 15 heteroatoms. The van der Waals surface area contributed by atoms with Crippen molar-refractivity contribution in [3.05, 3.63) is 0 Å². The van der Waals surface area contributed by atoms with Crippen molar-refractivity contribution in [1.82, 2.24) is 5.48 Å². The van der Waals surface area contributed by atoms with Crippen molar-refractivity contribution in [2.75, 3.05) is 52.9 Å². The molecule has 0 fully saturated rings. The van der Waals surface area contributed by atoms with Crippen LogP contribution in [0.4, 0.5) is 0 Å². The molecule has 15 nitrogen and oxygen atoms in total. The maximum absolute atomic E-state index is 10.3. The van der Waals surface area contributed by atoms with Gasteiger partial charge in [0.1, 0.15) is 36.6 Å². The van der Waals surface area contributed by atoms with Gasteiger partial charge in [0.15, 0.2) is 0 Å². The van der Waals surface area contributed by atoms with Gasteiger partial charge in [0.05, 0.1) is 58.5 Å². The van der Waals surface area contributed by atoms with Crippen LogP contribution in [0.15, 0.2) is 0 Å². The number of hydroxylamine groups is 1. The molecule has 0 aliphatic rings. The smallest absolute Gasteiger partial charge is 0.110 e. The van der Waals surface area contributed by atoms with Gasteiger partial charge in [0.25, 0.3) is 0 Å². The van der Waals surface area contributed by atoms with Crippen LogP contribution in [0.3, 0.4) is 0 Å². The number of aliphatic hydroxyl groups is 10. The summed E-state index contributed by atoms with van der Waals surface area (Å²) >= 11 is 0. The number of nitrogens with one attached hydrogen (secondary N) is 1. The molecule has 0 radical (unpaired) electrons. The van der Waals surface area contributed by atoms with Gasteiger partial charge in [-0.05, 0) is 25.2 Å². The Kier molecular flexibility index (Phi) is 20.1. The van der Waals surface area contributed by atoms with Crippen LogP contribution in [0, 0.1) is 5.92 Å². The summed E-state index contributed by atoms with van der Waals surface area (Å²) in [6, 6.07) is 0. The number of rotatable bonds is 23. The summed E-state index contributed by atoms with van der Waals surface area (Å²) in [6.45, 7) is -0.305. The molecule has 13 N–H and O–H groups in total. The molecule has 0 heterocycles. The fraction of sp³-hybridized carbons (Fsp3) is 1.00. The minimum Gasteiger partial charge on any atom is -0.394 e. The zero-order chi connectivity index (χ0) is 26.8. The lowest BCUT2D eigenvalue weighted by Crippen LogP contribution is -2.48. The first-order chi connectivity index (χ1) is 16.6. The van der Waals surface area contributed by atoms with Gasteiger partial charge in [-0.1, -0.05) is 0 Å². The molecule has 0 saturated heterocycles. The van der Waals surface area contributed by atoms with E-state index in [-0.39, 0.29) is 52.4 Å². The standard InChI is InChI=1S/C20H44N2O13/c21-11-22-35-6-5-34-4-3-33-2-1-12(7-13(25)17(29)19(31)15(27)9-23)8-14(26)18(30)20(32)16(28)10-24/h12-20,22-32H,1-11,21H2/t13-,14-,15+,16+,17+,18+,19+,20+/m0/s1. The van der Waals surface area contributed by atoms with Crippen molar-refractivity contribution >= 4 is 0 Å². The highest BCUT2D eigenvalue weighted by molar-refractivity contribution is 4.85. The third-order valence-corrected chi connectivity index (χ3v) is 5.36. The number of hydrogen-bond acceptors (Lipinski definition) is 15. The van der Waals surface area contributed by atoms with E-state index in [0.717, 1.165) is 0 Å². The molecule has 0 aromatic carbocycles. The molecule has 0 amide bonds. The van der Waals surface area contributed by atoms with Crippen LogP contribution in [0.2, 0.25) is 0 Å². The van der Waals surface area contributed by atoms with Gasteiger partial charge in [0, 0.05) is 6.61 Å². The lowest BCUT2D eigenvalue weighted by atomic mass is 9.86. The number of hydrogen-bond donors (Lipinski definition) is 12. The van der Waals surface area contributed by atoms with Gasteiger partial charge in [-0.15, -0.1) is 0 Å². The van der Waals surface area contributed by atoms with Crippen molar-refractivity contribution in [3.63, 3.8) is 0 Å². The molecule has 0 rings (SSSR count). The van der Waals surface area contributed by atoms with Crippen molar-refractivity contribution < 1.29 is 65.4 Å². The third-order valence-electron chi connectivity index (χ3n) is 5.36. The van der Waals surface area contributed by atoms with Crippen LogP contribution >= 0.6 is 0 Å². The lowest BCUT2D eigenvalue weighted by molar-refractivity contribution is -0.128. The van der Waals surface area contributed by atoms with E-state index in [0.29, 0.717) is 6.61 Å². The quantitative estimate of drug-likeness (QED) is 0.0340. The van der Waals surface area contributed by atoms with Gasteiger partial charge in [-0.3, -0.25) is 4.84 Å². The molecule has 0 aromatic rings. The molecule has 0 aliphatic carbocycles. The first-order valence-corrected chi connectivity index (χ1v) is 11.5. The summed E-state index contributed by atoms with van der Waals surface area (Å²) in [7, 11) is 0. The molecule has 212 valence electrons. The molecule has 0 spiro atoms. The molecule has 0 bridgehead atoms. The van der Waals surface area contributed by atoms with Crippen molar-refractivity contribution in [2.45, 2.75) is 68.1 Å². The summed E-state index contributed by atoms with van der Waals surface area (Å²) in [5, 5.41) is 97.1. The normalized spacial score (nSPS) is 19.2. The highest BCUT2D eigenvalue weighted by Crippen LogP contribution is 2.23. The average Bonchev–Trinajstić information content (AvgIpc) is 2.86. The van der Waals surface area contributed by atoms with E-state index >= 15 is 0 Å². The van der Waals surface area contributed by atoms with Gasteiger partial charge in [-0.2, -0.15) is 5.48 Å². The molecule has 8 atom stereocenters. The number of nitrogens with two attached hydrogens (primary N) is 1. The summed E-state index contributed by atoms with van der Waals surface area (Å²) in [4.78, 5) is 4.91. The zero-order valence-electron chi connectivity index (χ0n) is 19.7. The second-order valence-corrected chi connectivity index (χ2v) is 8.14. The van der Waals surface area contributed by atoms with Crippen LogP contribution in [0.1, 0.15) is 19.3 Å². The molecular weight excluding hydrogens is 476 g/mol. The first kappa shape index (κ1) is 34.4. The topological polar surface area (TPSA) is 268 Å². The Balaban J connectivity index is 4.79. The van der Waals surface area contributed by atoms with Crippen LogP contribution in [0.25, 0.3) is 0 Å². The fourth-order valence-electron chi connectivity index (χ4n) is 3.22. The average molecular weight is 521 g/mol. The Morgan fingerprint density at radius 2 is 0.971 bits per heavy atom. The summed E-state index contributed by atoms with van der Waals surface area (Å²) in [5.41, 5.74) is 7.64. The van der Waals surface area contributed by atoms with E-state index in [1.165, 1.54) is 0 Å². The molecule has 35 heavy (non-hydrogen) atoms. The molecule has 0 saturated carbocycles. The number of ether oxygens (including phenoxy) is 2. The predicted molar refractivity (Wildman–Crippen MR) is 119 cm³/mol. The maximum Gasteiger partial charge on any atom is 0.110 e. The van der Waals surface area contributed by atoms with Crippen molar-refractivity contribution in [1.29, 1.82) is 0 Å². The monoisotopic (exact) mass is 520 g/mol. The van der Waals surface area contributed by atoms with E-state index < -0.39 is 68.0 Å². The van der Waals surface area contributed by atoms with Gasteiger partial charge in [0.2, 0.25) is 0 Å². The summed E-state index contributed by atoms with van der Waals surface area (Å²) < 4.78 is 10.7. The van der Waals surface area contributed by atoms with Crippen molar-refractivity contribution in [2.24, 2.45) is 11.7 Å². The summed E-state index contributed by atoms with van der Waals surface area (Å²) in [5.74, 6) is -0.613. The van der Waals surface area contributed by atoms with Gasteiger partial charge >= 0.3 is 0 Å². The highest BCUT2D eigenvalue weighted by Gasteiger charge is 2.34. The third kappa shape index (κ3) is 14.7. The lowest BCUT2D eigenvalue weighted by Gasteiger charge is -2.31. The molecule has 0 unspecified atom stereocenters. The zero-order valence-corrected chi connectivity index (χ0v) is 19.7. The Labute approximate surface area is 204 Å². The van der Waals surface area contributed by atoms with Crippen LogP contribution < -0.4 is 11.2 Å². The van der Waals surface area contributed by atoms with E-state index in [1.807, 2.05) is 0 Å². The van der Waals surface area contributed by atoms with Gasteiger partial charge in [-0.25, -0.2) is 0 Å². The highest BCUT2D eigenvalue weighted by atomic mass is 16.7. The van der Waals surface area contributed by atoms with E-state index in [1.54, 1.807) is 0 Å². The Morgan fingerprint density at radius 1 is 0.571 bits per heavy atom. The Hall–Kier alpha value is -0.600.